The van der Waals surface area contributed by atoms with Gasteiger partial charge in [-0.2, -0.15) is 0 Å². The molecular weight excluding hydrogens is 224 g/mol. The van der Waals surface area contributed by atoms with Crippen molar-refractivity contribution in [3.8, 4) is 5.88 Å². The molecule has 16 heavy (non-hydrogen) atoms. The first-order valence-electron chi connectivity index (χ1n) is 4.80. The van der Waals surface area contributed by atoms with Gasteiger partial charge in [-0.3, -0.25) is 0 Å². The van der Waals surface area contributed by atoms with Crippen LogP contribution in [0.2, 0.25) is 0 Å². The first-order chi connectivity index (χ1) is 7.79. The Balaban J connectivity index is 2.11. The van der Waals surface area contributed by atoms with Gasteiger partial charge >= 0.3 is 0 Å². The minimum Gasteiger partial charge on any atom is -0.480 e. The van der Waals surface area contributed by atoms with E-state index in [9.17, 15) is 0 Å². The number of hydrogen-bond acceptors (Lipinski definition) is 6. The molecule has 0 aliphatic carbocycles. The highest BCUT2D eigenvalue weighted by molar-refractivity contribution is 7.03. The van der Waals surface area contributed by atoms with Crippen LogP contribution in [0.15, 0.2) is 17.6 Å². The Hall–Kier alpha value is -1.69. The molecule has 0 aliphatic heterocycles. The summed E-state index contributed by atoms with van der Waals surface area (Å²) in [7, 11) is 1.60. The van der Waals surface area contributed by atoms with Crippen LogP contribution in [-0.4, -0.2) is 21.7 Å². The van der Waals surface area contributed by atoms with Crippen molar-refractivity contribution >= 4 is 17.2 Å². The number of anilines is 1. The Labute approximate surface area is 97.7 Å². The molecule has 5 nitrogen and oxygen atoms in total. The Morgan fingerprint density at radius 2 is 2.38 bits per heavy atom. The quantitative estimate of drug-likeness (QED) is 0.878. The van der Waals surface area contributed by atoms with E-state index in [1.54, 1.807) is 13.3 Å². The lowest BCUT2D eigenvalue weighted by Gasteiger charge is -2.09. The van der Waals surface area contributed by atoms with Crippen molar-refractivity contribution in [1.82, 2.24) is 14.6 Å². The molecule has 0 saturated heterocycles. The van der Waals surface area contributed by atoms with Crippen LogP contribution >= 0.6 is 11.5 Å². The molecule has 1 N–H and O–H groups in total. The molecule has 0 spiro atoms. The first kappa shape index (κ1) is 10.8. The Kier molecular flexibility index (Phi) is 3.31. The first-order valence-corrected chi connectivity index (χ1v) is 5.63. The van der Waals surface area contributed by atoms with Crippen LogP contribution in [0, 0.1) is 6.92 Å². The minimum atomic E-state index is 0.591. The van der Waals surface area contributed by atoms with Crippen molar-refractivity contribution < 1.29 is 4.74 Å². The molecule has 0 atom stereocenters. The molecule has 0 aromatic carbocycles. The van der Waals surface area contributed by atoms with E-state index < -0.39 is 0 Å². The predicted molar refractivity (Wildman–Crippen MR) is 62.8 cm³/mol. The van der Waals surface area contributed by atoms with E-state index in [1.807, 2.05) is 18.4 Å². The van der Waals surface area contributed by atoms with Gasteiger partial charge in [-0.05, 0) is 30.1 Å². The summed E-state index contributed by atoms with van der Waals surface area (Å²) in [5, 5.41) is 9.08. The van der Waals surface area contributed by atoms with Gasteiger partial charge in [-0.1, -0.05) is 4.49 Å². The summed E-state index contributed by atoms with van der Waals surface area (Å²) in [6, 6.07) is 1.99. The summed E-state index contributed by atoms with van der Waals surface area (Å²) >= 11 is 1.34. The van der Waals surface area contributed by atoms with Crippen LogP contribution in [0.4, 0.5) is 5.69 Å². The van der Waals surface area contributed by atoms with E-state index in [-0.39, 0.29) is 0 Å². The smallest absolute Gasteiger partial charge is 0.237 e. The van der Waals surface area contributed by atoms with Crippen molar-refractivity contribution in [2.24, 2.45) is 0 Å². The molecule has 0 radical (unpaired) electrons. The average molecular weight is 236 g/mol. The maximum absolute atomic E-state index is 5.16. The lowest BCUT2D eigenvalue weighted by atomic mass is 10.3. The zero-order chi connectivity index (χ0) is 11.4. The van der Waals surface area contributed by atoms with Gasteiger partial charge in [0.25, 0.3) is 0 Å². The number of ether oxygens (including phenoxy) is 1. The lowest BCUT2D eigenvalue weighted by molar-refractivity contribution is 0.399. The third-order valence-corrected chi connectivity index (χ3v) is 2.60. The number of aromatic nitrogens is 3. The summed E-state index contributed by atoms with van der Waals surface area (Å²) in [6.07, 6.45) is 1.77. The molecular formula is C10H12N4OS. The van der Waals surface area contributed by atoms with E-state index >= 15 is 0 Å². The molecule has 0 saturated carbocycles. The third kappa shape index (κ3) is 2.46. The SMILES string of the molecule is COc1ncc(C)cc1NCc1csnn1. The number of rotatable bonds is 4. The van der Waals surface area contributed by atoms with Crippen LogP contribution in [0.1, 0.15) is 11.3 Å². The van der Waals surface area contributed by atoms with Crippen molar-refractivity contribution in [2.45, 2.75) is 13.5 Å². The van der Waals surface area contributed by atoms with E-state index in [0.717, 1.165) is 16.9 Å². The van der Waals surface area contributed by atoms with Crippen molar-refractivity contribution in [3.05, 3.63) is 28.9 Å². The summed E-state index contributed by atoms with van der Waals surface area (Å²) < 4.78 is 8.96. The van der Waals surface area contributed by atoms with Gasteiger partial charge in [0.15, 0.2) is 0 Å². The molecule has 2 rings (SSSR count). The molecule has 0 aliphatic rings. The van der Waals surface area contributed by atoms with Gasteiger partial charge in [-0.25, -0.2) is 4.98 Å². The molecule has 0 bridgehead atoms. The highest BCUT2D eigenvalue weighted by atomic mass is 32.1. The molecule has 2 aromatic rings. The Morgan fingerprint density at radius 1 is 1.50 bits per heavy atom. The second-order valence-electron chi connectivity index (χ2n) is 3.32. The summed E-state index contributed by atoms with van der Waals surface area (Å²) in [5.41, 5.74) is 2.86. The van der Waals surface area contributed by atoms with Crippen LogP contribution < -0.4 is 10.1 Å². The fraction of sp³-hybridized carbons (Fsp3) is 0.300. The number of nitrogens with one attached hydrogen (secondary N) is 1. The topological polar surface area (TPSA) is 59.9 Å². The summed E-state index contributed by atoms with van der Waals surface area (Å²) in [4.78, 5) is 4.18. The van der Waals surface area contributed by atoms with Gasteiger partial charge < -0.3 is 10.1 Å². The van der Waals surface area contributed by atoms with Gasteiger partial charge in [0.05, 0.1) is 25.0 Å². The zero-order valence-electron chi connectivity index (χ0n) is 9.10. The monoisotopic (exact) mass is 236 g/mol. The van der Waals surface area contributed by atoms with Crippen LogP contribution in [0.5, 0.6) is 5.88 Å². The Bertz CT molecular complexity index is 458. The number of aryl methyl sites for hydroxylation is 1. The number of nitrogens with zero attached hydrogens (tertiary/aromatic N) is 3. The fourth-order valence-corrected chi connectivity index (χ4v) is 1.74. The molecule has 2 aromatic heterocycles. The lowest BCUT2D eigenvalue weighted by Crippen LogP contribution is -2.03. The van der Waals surface area contributed by atoms with Crippen LogP contribution in [0.3, 0.4) is 0 Å². The number of hydrogen-bond donors (Lipinski definition) is 1. The molecule has 0 fully saturated rings. The van der Waals surface area contributed by atoms with Crippen LogP contribution in [-0.2, 0) is 6.54 Å². The number of pyridine rings is 1. The second-order valence-corrected chi connectivity index (χ2v) is 3.93. The van der Waals surface area contributed by atoms with Gasteiger partial charge in [0.2, 0.25) is 5.88 Å². The maximum atomic E-state index is 5.16. The summed E-state index contributed by atoms with van der Waals surface area (Å²) in [5.74, 6) is 0.591. The van der Waals surface area contributed by atoms with Gasteiger partial charge in [0, 0.05) is 11.6 Å². The van der Waals surface area contributed by atoms with Gasteiger partial charge in [-0.15, -0.1) is 5.10 Å². The van der Waals surface area contributed by atoms with Gasteiger partial charge in [0.1, 0.15) is 0 Å². The molecule has 84 valence electrons. The van der Waals surface area contributed by atoms with Crippen LogP contribution in [0.25, 0.3) is 0 Å². The zero-order valence-corrected chi connectivity index (χ0v) is 9.91. The maximum Gasteiger partial charge on any atom is 0.237 e. The number of methoxy groups -OCH3 is 1. The third-order valence-electron chi connectivity index (χ3n) is 2.05. The standard InChI is InChI=1S/C10H12N4OS/c1-7-3-9(10(15-2)12-4-7)11-5-8-6-16-14-13-8/h3-4,6,11H,5H2,1-2H3. The molecule has 6 heteroatoms. The van der Waals surface area contributed by atoms with Crippen molar-refractivity contribution in [3.63, 3.8) is 0 Å². The van der Waals surface area contributed by atoms with Crippen molar-refractivity contribution in [1.29, 1.82) is 0 Å². The fourth-order valence-electron chi connectivity index (χ4n) is 1.29. The van der Waals surface area contributed by atoms with E-state index in [2.05, 4.69) is 19.9 Å². The average Bonchev–Trinajstić information content (AvgIpc) is 2.79. The molecule has 0 amide bonds. The highest BCUT2D eigenvalue weighted by Gasteiger charge is 2.05. The summed E-state index contributed by atoms with van der Waals surface area (Å²) in [6.45, 7) is 2.61. The largest absolute Gasteiger partial charge is 0.480 e. The molecule has 2 heterocycles. The second kappa shape index (κ2) is 4.89. The van der Waals surface area contributed by atoms with E-state index in [0.29, 0.717) is 12.4 Å². The van der Waals surface area contributed by atoms with E-state index in [4.69, 9.17) is 4.74 Å². The normalized spacial score (nSPS) is 10.1. The molecule has 0 unspecified atom stereocenters. The highest BCUT2D eigenvalue weighted by Crippen LogP contribution is 2.22. The predicted octanol–water partition coefficient (Wildman–Crippen LogP) is 1.86. The van der Waals surface area contributed by atoms with E-state index in [1.165, 1.54) is 11.5 Å². The minimum absolute atomic E-state index is 0.591. The Morgan fingerprint density at radius 3 is 3.06 bits per heavy atom. The van der Waals surface area contributed by atoms with Crippen molar-refractivity contribution in [2.75, 3.05) is 12.4 Å².